The van der Waals surface area contributed by atoms with Gasteiger partial charge in [-0.05, 0) is 61.2 Å². The molecule has 33 heavy (non-hydrogen) atoms. The lowest BCUT2D eigenvalue weighted by molar-refractivity contribution is -0.134. The lowest BCUT2D eigenvalue weighted by Crippen LogP contribution is -2.36. The number of hydrogen-bond donors (Lipinski definition) is 3. The Labute approximate surface area is 206 Å². The molecule has 0 aliphatic heterocycles. The fourth-order valence-electron chi connectivity index (χ4n) is 3.29. The highest BCUT2D eigenvalue weighted by atomic mass is 79.9. The number of phenols is 1. The highest BCUT2D eigenvalue weighted by molar-refractivity contribution is 8.93. The third-order valence-corrected chi connectivity index (χ3v) is 4.99. The summed E-state index contributed by atoms with van der Waals surface area (Å²) in [6.07, 6.45) is 4.29. The highest BCUT2D eigenvalue weighted by Gasteiger charge is 2.24. The SMILES string of the molecule is Br.CC(N)Cc1ccc(O)cc1.CCN(Cc1ccncc1)C(=O)C(CO)c1ccccc1. The van der Waals surface area contributed by atoms with Crippen LogP contribution in [-0.2, 0) is 17.8 Å². The van der Waals surface area contributed by atoms with E-state index >= 15 is 0 Å². The maximum Gasteiger partial charge on any atom is 0.232 e. The van der Waals surface area contributed by atoms with Gasteiger partial charge in [0.05, 0.1) is 12.5 Å². The number of aromatic hydroxyl groups is 1. The highest BCUT2D eigenvalue weighted by Crippen LogP contribution is 2.19. The van der Waals surface area contributed by atoms with Gasteiger partial charge in [0.2, 0.25) is 5.91 Å². The van der Waals surface area contributed by atoms with E-state index in [0.29, 0.717) is 18.8 Å². The van der Waals surface area contributed by atoms with Crippen LogP contribution in [0.3, 0.4) is 0 Å². The number of amides is 1. The number of phenolic OH excluding ortho intramolecular Hbond substituents is 1. The van der Waals surface area contributed by atoms with Crippen molar-refractivity contribution in [1.82, 2.24) is 9.88 Å². The molecule has 0 radical (unpaired) electrons. The van der Waals surface area contributed by atoms with Gasteiger partial charge in [-0.1, -0.05) is 42.5 Å². The molecular formula is C26H34BrN3O3. The van der Waals surface area contributed by atoms with Gasteiger partial charge in [-0.25, -0.2) is 0 Å². The Morgan fingerprint density at radius 3 is 2.12 bits per heavy atom. The Bertz CT molecular complexity index is 923. The molecule has 0 saturated heterocycles. The number of hydrogen-bond acceptors (Lipinski definition) is 5. The van der Waals surface area contributed by atoms with Gasteiger partial charge < -0.3 is 20.8 Å². The summed E-state index contributed by atoms with van der Waals surface area (Å²) in [4.78, 5) is 18.4. The lowest BCUT2D eigenvalue weighted by atomic mass is 9.98. The number of likely N-dealkylation sites (N-methyl/N-ethyl adjacent to an activating group) is 1. The zero-order valence-electron chi connectivity index (χ0n) is 19.2. The number of aliphatic hydroxyl groups excluding tert-OH is 1. The predicted molar refractivity (Wildman–Crippen MR) is 137 cm³/mol. The molecule has 2 unspecified atom stereocenters. The van der Waals surface area contributed by atoms with Crippen molar-refractivity contribution in [2.24, 2.45) is 5.73 Å². The molecule has 178 valence electrons. The minimum absolute atomic E-state index is 0. The number of aliphatic hydroxyl groups is 1. The van der Waals surface area contributed by atoms with Crippen molar-refractivity contribution in [1.29, 1.82) is 0 Å². The summed E-state index contributed by atoms with van der Waals surface area (Å²) in [5.41, 5.74) is 8.64. The topological polar surface area (TPSA) is 99.7 Å². The Morgan fingerprint density at radius 1 is 1.00 bits per heavy atom. The van der Waals surface area contributed by atoms with Crippen molar-refractivity contribution in [2.75, 3.05) is 13.2 Å². The smallest absolute Gasteiger partial charge is 0.232 e. The summed E-state index contributed by atoms with van der Waals surface area (Å²) in [6.45, 7) is 4.85. The lowest BCUT2D eigenvalue weighted by Gasteiger charge is -2.25. The zero-order valence-corrected chi connectivity index (χ0v) is 20.9. The molecule has 1 heterocycles. The minimum atomic E-state index is -0.506. The van der Waals surface area contributed by atoms with Gasteiger partial charge in [-0.2, -0.15) is 0 Å². The molecule has 0 spiro atoms. The molecule has 0 fully saturated rings. The van der Waals surface area contributed by atoms with Crippen molar-refractivity contribution < 1.29 is 15.0 Å². The van der Waals surface area contributed by atoms with Gasteiger partial charge in [-0.15, -0.1) is 17.0 Å². The van der Waals surface area contributed by atoms with Gasteiger partial charge >= 0.3 is 0 Å². The molecule has 0 aliphatic carbocycles. The standard InChI is InChI=1S/C17H20N2O2.C9H13NO.BrH/c1-2-19(12-14-8-10-18-11-9-14)17(21)16(13-20)15-6-4-3-5-7-15;1-7(10)6-8-2-4-9(11)5-3-8;/h3-11,16,20H,2,12-13H2,1H3;2-5,7,11H,6,10H2,1H3;1H. The second kappa shape index (κ2) is 15.2. The largest absolute Gasteiger partial charge is 0.508 e. The average Bonchev–Trinajstić information content (AvgIpc) is 2.81. The molecule has 1 aromatic heterocycles. The summed E-state index contributed by atoms with van der Waals surface area (Å²) in [5.74, 6) is -0.255. The van der Waals surface area contributed by atoms with Gasteiger partial charge in [0.15, 0.2) is 0 Å². The van der Waals surface area contributed by atoms with Gasteiger partial charge in [0.1, 0.15) is 5.75 Å². The number of rotatable bonds is 8. The van der Waals surface area contributed by atoms with Crippen LogP contribution in [0, 0.1) is 0 Å². The van der Waals surface area contributed by atoms with Gasteiger partial charge in [-0.3, -0.25) is 9.78 Å². The number of halogens is 1. The zero-order chi connectivity index (χ0) is 23.3. The van der Waals surface area contributed by atoms with Crippen molar-refractivity contribution in [3.63, 3.8) is 0 Å². The van der Waals surface area contributed by atoms with Crippen molar-refractivity contribution in [3.05, 3.63) is 95.8 Å². The van der Waals surface area contributed by atoms with E-state index in [9.17, 15) is 9.90 Å². The Balaban J connectivity index is 0.000000385. The third kappa shape index (κ3) is 9.74. The van der Waals surface area contributed by atoms with Crippen molar-refractivity contribution in [2.45, 2.75) is 38.8 Å². The van der Waals surface area contributed by atoms with E-state index in [1.165, 1.54) is 0 Å². The first-order valence-electron chi connectivity index (χ1n) is 10.8. The molecule has 3 rings (SSSR count). The quantitative estimate of drug-likeness (QED) is 0.419. The van der Waals surface area contributed by atoms with Gasteiger partial charge in [0.25, 0.3) is 0 Å². The predicted octanol–water partition coefficient (Wildman–Crippen LogP) is 4.07. The molecule has 2 aromatic carbocycles. The summed E-state index contributed by atoms with van der Waals surface area (Å²) >= 11 is 0. The first-order valence-corrected chi connectivity index (χ1v) is 10.8. The van der Waals surface area contributed by atoms with Crippen LogP contribution in [0.15, 0.2) is 79.1 Å². The van der Waals surface area contributed by atoms with Crippen LogP contribution in [0.1, 0.15) is 36.5 Å². The van der Waals surface area contributed by atoms with Gasteiger partial charge in [0, 0.05) is 31.5 Å². The van der Waals surface area contributed by atoms with Crippen molar-refractivity contribution in [3.8, 4) is 5.75 Å². The molecule has 0 saturated carbocycles. The molecule has 4 N–H and O–H groups in total. The number of aromatic nitrogens is 1. The minimum Gasteiger partial charge on any atom is -0.508 e. The molecule has 6 nitrogen and oxygen atoms in total. The van der Waals surface area contributed by atoms with Crippen LogP contribution in [0.5, 0.6) is 5.75 Å². The first kappa shape index (κ1) is 28.3. The van der Waals surface area contributed by atoms with Crippen LogP contribution in [0.4, 0.5) is 0 Å². The first-order chi connectivity index (χ1) is 15.4. The number of carbonyl (C=O) groups is 1. The number of carbonyl (C=O) groups excluding carboxylic acids is 1. The van der Waals surface area contributed by atoms with Crippen LogP contribution >= 0.6 is 17.0 Å². The number of pyridine rings is 1. The number of nitrogens with zero attached hydrogens (tertiary/aromatic N) is 2. The number of benzene rings is 2. The molecular weight excluding hydrogens is 482 g/mol. The van der Waals surface area contributed by atoms with Crippen LogP contribution < -0.4 is 5.73 Å². The molecule has 0 bridgehead atoms. The summed E-state index contributed by atoms with van der Waals surface area (Å²) in [5, 5.41) is 18.6. The second-order valence-corrected chi connectivity index (χ2v) is 7.70. The van der Waals surface area contributed by atoms with E-state index in [-0.39, 0.29) is 35.5 Å². The van der Waals surface area contributed by atoms with Crippen LogP contribution in [0.2, 0.25) is 0 Å². The maximum atomic E-state index is 12.7. The van der Waals surface area contributed by atoms with Crippen LogP contribution in [0.25, 0.3) is 0 Å². The van der Waals surface area contributed by atoms with E-state index in [1.807, 2.05) is 68.4 Å². The van der Waals surface area contributed by atoms with Crippen LogP contribution in [-0.4, -0.2) is 45.2 Å². The van der Waals surface area contributed by atoms with E-state index in [4.69, 9.17) is 10.8 Å². The normalized spacial score (nSPS) is 11.9. The summed E-state index contributed by atoms with van der Waals surface area (Å²) < 4.78 is 0. The Morgan fingerprint density at radius 2 is 1.61 bits per heavy atom. The maximum absolute atomic E-state index is 12.7. The second-order valence-electron chi connectivity index (χ2n) is 7.70. The average molecular weight is 516 g/mol. The monoisotopic (exact) mass is 515 g/mol. The van der Waals surface area contributed by atoms with E-state index in [0.717, 1.165) is 23.1 Å². The Hall–Kier alpha value is -2.74. The molecule has 2 atom stereocenters. The van der Waals surface area contributed by atoms with E-state index in [2.05, 4.69) is 4.98 Å². The third-order valence-electron chi connectivity index (χ3n) is 4.99. The summed E-state index contributed by atoms with van der Waals surface area (Å²) in [7, 11) is 0. The fraction of sp³-hybridized carbons (Fsp3) is 0.308. The van der Waals surface area contributed by atoms with E-state index < -0.39 is 5.92 Å². The molecule has 7 heteroatoms. The molecule has 0 aliphatic rings. The summed E-state index contributed by atoms with van der Waals surface area (Å²) in [6, 6.07) is 20.5. The number of nitrogens with two attached hydrogens (primary N) is 1. The Kier molecular flexibility index (Phi) is 13.0. The molecule has 1 amide bonds. The molecule has 3 aromatic rings. The van der Waals surface area contributed by atoms with E-state index in [1.54, 1.807) is 29.4 Å². The van der Waals surface area contributed by atoms with Crippen molar-refractivity contribution >= 4 is 22.9 Å². The fourth-order valence-corrected chi connectivity index (χ4v) is 3.29.